The maximum atomic E-state index is 11.2. The summed E-state index contributed by atoms with van der Waals surface area (Å²) in [4.78, 5) is 22.0. The predicted octanol–water partition coefficient (Wildman–Crippen LogP) is -0.381. The SMILES string of the molecule is CO[C@@H](C)[C@]1(C)NC(=O)NC1=O. The molecule has 0 aromatic rings. The van der Waals surface area contributed by atoms with Crippen LogP contribution in [0.15, 0.2) is 0 Å². The van der Waals surface area contributed by atoms with Crippen LogP contribution in [0.2, 0.25) is 0 Å². The van der Waals surface area contributed by atoms with Crippen LogP contribution in [-0.2, 0) is 9.53 Å². The van der Waals surface area contributed by atoms with E-state index in [1.807, 2.05) is 0 Å². The number of nitrogens with one attached hydrogen (secondary N) is 2. The molecule has 0 bridgehead atoms. The fourth-order valence-electron chi connectivity index (χ4n) is 1.08. The molecule has 1 heterocycles. The molecule has 68 valence electrons. The van der Waals surface area contributed by atoms with Crippen LogP contribution < -0.4 is 10.6 Å². The van der Waals surface area contributed by atoms with E-state index in [9.17, 15) is 9.59 Å². The molecular weight excluding hydrogens is 160 g/mol. The summed E-state index contributed by atoms with van der Waals surface area (Å²) in [6.07, 6.45) is -0.344. The zero-order chi connectivity index (χ0) is 9.35. The Labute approximate surface area is 70.5 Å². The van der Waals surface area contributed by atoms with Gasteiger partial charge in [-0.05, 0) is 13.8 Å². The standard InChI is InChI=1S/C7H12N2O3/c1-4(12-3)7(2)5(10)8-6(11)9-7/h4H,1-3H3,(H2,8,9,10,11)/t4-,7-/m0/s1. The number of carbonyl (C=O) groups is 2. The second-order valence-corrected chi connectivity index (χ2v) is 2.99. The highest BCUT2D eigenvalue weighted by atomic mass is 16.5. The Bertz CT molecular complexity index is 229. The number of imide groups is 1. The van der Waals surface area contributed by atoms with Crippen molar-refractivity contribution >= 4 is 11.9 Å². The molecular formula is C7H12N2O3. The minimum absolute atomic E-state index is 0.344. The summed E-state index contributed by atoms with van der Waals surface area (Å²) in [7, 11) is 1.49. The van der Waals surface area contributed by atoms with Gasteiger partial charge in [0, 0.05) is 7.11 Å². The first-order chi connectivity index (χ1) is 5.50. The summed E-state index contributed by atoms with van der Waals surface area (Å²) in [5, 5.41) is 4.66. The van der Waals surface area contributed by atoms with Gasteiger partial charge in [0.1, 0.15) is 5.54 Å². The van der Waals surface area contributed by atoms with Crippen molar-refractivity contribution in [3.8, 4) is 0 Å². The fourth-order valence-corrected chi connectivity index (χ4v) is 1.08. The summed E-state index contributed by atoms with van der Waals surface area (Å²) in [6, 6.07) is -0.466. The van der Waals surface area contributed by atoms with Crippen LogP contribution >= 0.6 is 0 Å². The van der Waals surface area contributed by atoms with Gasteiger partial charge >= 0.3 is 6.03 Å². The highest BCUT2D eigenvalue weighted by molar-refractivity contribution is 6.07. The maximum absolute atomic E-state index is 11.2. The summed E-state index contributed by atoms with van der Waals surface area (Å²) >= 11 is 0. The van der Waals surface area contributed by atoms with Crippen molar-refractivity contribution in [2.24, 2.45) is 0 Å². The number of ether oxygens (including phenoxy) is 1. The van der Waals surface area contributed by atoms with Gasteiger partial charge in [0.15, 0.2) is 0 Å². The molecule has 1 fully saturated rings. The number of carbonyl (C=O) groups excluding carboxylic acids is 2. The van der Waals surface area contributed by atoms with Gasteiger partial charge in [0.25, 0.3) is 5.91 Å². The lowest BCUT2D eigenvalue weighted by Crippen LogP contribution is -2.53. The Balaban J connectivity index is 2.84. The Morgan fingerprint density at radius 1 is 1.50 bits per heavy atom. The third-order valence-corrected chi connectivity index (χ3v) is 2.24. The first-order valence-electron chi connectivity index (χ1n) is 3.67. The molecule has 1 saturated heterocycles. The second-order valence-electron chi connectivity index (χ2n) is 2.99. The first kappa shape index (κ1) is 8.99. The van der Waals surface area contributed by atoms with Gasteiger partial charge in [-0.1, -0.05) is 0 Å². The van der Waals surface area contributed by atoms with E-state index in [-0.39, 0.29) is 12.0 Å². The number of urea groups is 1. The lowest BCUT2D eigenvalue weighted by molar-refractivity contribution is -0.127. The van der Waals surface area contributed by atoms with Crippen LogP contribution in [0, 0.1) is 0 Å². The van der Waals surface area contributed by atoms with E-state index >= 15 is 0 Å². The minimum atomic E-state index is -0.939. The van der Waals surface area contributed by atoms with Gasteiger partial charge in [-0.15, -0.1) is 0 Å². The lowest BCUT2D eigenvalue weighted by atomic mass is 9.96. The quantitative estimate of drug-likeness (QED) is 0.558. The molecule has 5 nitrogen and oxygen atoms in total. The Kier molecular flexibility index (Phi) is 2.06. The molecule has 0 aromatic heterocycles. The molecule has 0 radical (unpaired) electrons. The van der Waals surface area contributed by atoms with Crippen LogP contribution in [0.4, 0.5) is 4.79 Å². The monoisotopic (exact) mass is 172 g/mol. The summed E-state index contributed by atoms with van der Waals surface area (Å²) in [5.41, 5.74) is -0.939. The third kappa shape index (κ3) is 1.16. The average molecular weight is 172 g/mol. The molecule has 0 aromatic carbocycles. The van der Waals surface area contributed by atoms with Crippen molar-refractivity contribution in [2.75, 3.05) is 7.11 Å². The van der Waals surface area contributed by atoms with Crippen LogP contribution in [-0.4, -0.2) is 30.7 Å². The Hall–Kier alpha value is -1.10. The highest BCUT2D eigenvalue weighted by Gasteiger charge is 2.46. The minimum Gasteiger partial charge on any atom is -0.379 e. The van der Waals surface area contributed by atoms with Crippen LogP contribution in [0.25, 0.3) is 0 Å². The molecule has 2 atom stereocenters. The van der Waals surface area contributed by atoms with Gasteiger partial charge in [-0.2, -0.15) is 0 Å². The molecule has 1 aliphatic rings. The molecule has 0 spiro atoms. The van der Waals surface area contributed by atoms with E-state index in [1.165, 1.54) is 7.11 Å². The van der Waals surface area contributed by atoms with Gasteiger partial charge in [0.05, 0.1) is 6.10 Å². The predicted molar refractivity (Wildman–Crippen MR) is 41.6 cm³/mol. The van der Waals surface area contributed by atoms with Crippen molar-refractivity contribution in [3.05, 3.63) is 0 Å². The third-order valence-electron chi connectivity index (χ3n) is 2.24. The van der Waals surface area contributed by atoms with Gasteiger partial charge in [-0.3, -0.25) is 10.1 Å². The second kappa shape index (κ2) is 2.75. The van der Waals surface area contributed by atoms with E-state index in [1.54, 1.807) is 13.8 Å². The van der Waals surface area contributed by atoms with Gasteiger partial charge < -0.3 is 10.1 Å². The molecule has 1 rings (SSSR count). The Morgan fingerprint density at radius 3 is 2.42 bits per heavy atom. The van der Waals surface area contributed by atoms with E-state index in [4.69, 9.17) is 4.74 Å². The normalized spacial score (nSPS) is 31.2. The van der Waals surface area contributed by atoms with Gasteiger partial charge in [0.2, 0.25) is 0 Å². The largest absolute Gasteiger partial charge is 0.379 e. The average Bonchev–Trinajstić information content (AvgIpc) is 2.26. The zero-order valence-corrected chi connectivity index (χ0v) is 7.30. The smallest absolute Gasteiger partial charge is 0.322 e. The number of hydrogen-bond acceptors (Lipinski definition) is 3. The summed E-state index contributed by atoms with van der Waals surface area (Å²) in [6.45, 7) is 3.35. The fraction of sp³-hybridized carbons (Fsp3) is 0.714. The molecule has 0 saturated carbocycles. The summed E-state index contributed by atoms with van der Waals surface area (Å²) in [5.74, 6) is -0.346. The molecule has 0 aliphatic carbocycles. The van der Waals surface area contributed by atoms with Crippen molar-refractivity contribution in [1.29, 1.82) is 0 Å². The number of amides is 3. The van der Waals surface area contributed by atoms with Crippen LogP contribution in [0.3, 0.4) is 0 Å². The van der Waals surface area contributed by atoms with E-state index in [0.717, 1.165) is 0 Å². The molecule has 0 unspecified atom stereocenters. The zero-order valence-electron chi connectivity index (χ0n) is 7.30. The van der Waals surface area contributed by atoms with E-state index in [0.29, 0.717) is 0 Å². The summed E-state index contributed by atoms with van der Waals surface area (Å²) < 4.78 is 4.98. The molecule has 3 amide bonds. The molecule has 12 heavy (non-hydrogen) atoms. The highest BCUT2D eigenvalue weighted by Crippen LogP contribution is 2.16. The van der Waals surface area contributed by atoms with Crippen LogP contribution in [0.1, 0.15) is 13.8 Å². The lowest BCUT2D eigenvalue weighted by Gasteiger charge is -2.26. The topological polar surface area (TPSA) is 67.4 Å². The molecule has 1 aliphatic heterocycles. The van der Waals surface area contributed by atoms with E-state index in [2.05, 4.69) is 10.6 Å². The van der Waals surface area contributed by atoms with Crippen LogP contribution in [0.5, 0.6) is 0 Å². The van der Waals surface area contributed by atoms with Gasteiger partial charge in [-0.25, -0.2) is 4.79 Å². The van der Waals surface area contributed by atoms with Crippen molar-refractivity contribution in [1.82, 2.24) is 10.6 Å². The molecule has 5 heteroatoms. The number of rotatable bonds is 2. The maximum Gasteiger partial charge on any atom is 0.322 e. The first-order valence-corrected chi connectivity index (χ1v) is 3.67. The van der Waals surface area contributed by atoms with Crippen molar-refractivity contribution in [3.63, 3.8) is 0 Å². The Morgan fingerprint density at radius 2 is 2.08 bits per heavy atom. The number of methoxy groups -OCH3 is 1. The molecule has 2 N–H and O–H groups in total. The van der Waals surface area contributed by atoms with Crippen molar-refractivity contribution < 1.29 is 14.3 Å². The van der Waals surface area contributed by atoms with Crippen molar-refractivity contribution in [2.45, 2.75) is 25.5 Å². The van der Waals surface area contributed by atoms with E-state index < -0.39 is 11.6 Å². The number of hydrogen-bond donors (Lipinski definition) is 2.